The number of ether oxygens (including phenoxy) is 2. The SMILES string of the molecule is CC(C)(O)c1cc2c(cc1S(C)(=O)=O)OCCO2. The molecule has 0 saturated heterocycles. The third-order valence-electron chi connectivity index (χ3n) is 2.70. The minimum atomic E-state index is -3.45. The Morgan fingerprint density at radius 1 is 1.17 bits per heavy atom. The van der Waals surface area contributed by atoms with Crippen molar-refractivity contribution in [3.05, 3.63) is 17.7 Å². The largest absolute Gasteiger partial charge is 0.486 e. The molecule has 1 aliphatic heterocycles. The van der Waals surface area contributed by atoms with Crippen LogP contribution in [0.4, 0.5) is 0 Å². The van der Waals surface area contributed by atoms with Crippen LogP contribution in [0, 0.1) is 0 Å². The van der Waals surface area contributed by atoms with Gasteiger partial charge in [-0.25, -0.2) is 8.42 Å². The van der Waals surface area contributed by atoms with Gasteiger partial charge < -0.3 is 14.6 Å². The second-order valence-electron chi connectivity index (χ2n) is 4.82. The molecule has 100 valence electrons. The lowest BCUT2D eigenvalue weighted by Gasteiger charge is -2.25. The van der Waals surface area contributed by atoms with Crippen LogP contribution in [-0.4, -0.2) is 33.0 Å². The van der Waals surface area contributed by atoms with E-state index in [1.165, 1.54) is 26.0 Å². The molecule has 0 amide bonds. The molecule has 18 heavy (non-hydrogen) atoms. The molecule has 0 atom stereocenters. The van der Waals surface area contributed by atoms with Crippen molar-refractivity contribution in [3.63, 3.8) is 0 Å². The van der Waals surface area contributed by atoms with E-state index in [2.05, 4.69) is 0 Å². The highest BCUT2D eigenvalue weighted by atomic mass is 32.2. The average molecular weight is 272 g/mol. The van der Waals surface area contributed by atoms with Gasteiger partial charge in [0.05, 0.1) is 10.5 Å². The van der Waals surface area contributed by atoms with Gasteiger partial charge in [-0.05, 0) is 19.9 Å². The Balaban J connectivity index is 2.70. The van der Waals surface area contributed by atoms with Gasteiger partial charge in [-0.3, -0.25) is 0 Å². The molecule has 0 fully saturated rings. The molecule has 1 aliphatic rings. The van der Waals surface area contributed by atoms with Crippen LogP contribution in [0.3, 0.4) is 0 Å². The Labute approximate surface area is 106 Å². The molecule has 1 aromatic rings. The van der Waals surface area contributed by atoms with Crippen molar-refractivity contribution in [1.82, 2.24) is 0 Å². The summed E-state index contributed by atoms with van der Waals surface area (Å²) in [6.45, 7) is 3.87. The first-order chi connectivity index (χ1) is 8.19. The molecule has 1 aromatic carbocycles. The van der Waals surface area contributed by atoms with E-state index in [-0.39, 0.29) is 4.90 Å². The molecule has 0 spiro atoms. The molecule has 2 rings (SSSR count). The highest BCUT2D eigenvalue weighted by Crippen LogP contribution is 2.38. The molecule has 0 bridgehead atoms. The summed E-state index contributed by atoms with van der Waals surface area (Å²) in [7, 11) is -3.45. The first-order valence-corrected chi connectivity index (χ1v) is 7.45. The van der Waals surface area contributed by atoms with E-state index in [0.29, 0.717) is 30.3 Å². The van der Waals surface area contributed by atoms with Gasteiger partial charge in [0.1, 0.15) is 13.2 Å². The Morgan fingerprint density at radius 2 is 1.67 bits per heavy atom. The maximum Gasteiger partial charge on any atom is 0.176 e. The zero-order valence-electron chi connectivity index (χ0n) is 10.6. The van der Waals surface area contributed by atoms with E-state index in [1.807, 2.05) is 0 Å². The lowest BCUT2D eigenvalue weighted by atomic mass is 9.98. The Morgan fingerprint density at radius 3 is 2.11 bits per heavy atom. The molecular weight excluding hydrogens is 256 g/mol. The van der Waals surface area contributed by atoms with Crippen molar-refractivity contribution < 1.29 is 23.0 Å². The minimum absolute atomic E-state index is 0.0688. The van der Waals surface area contributed by atoms with Gasteiger partial charge in [-0.2, -0.15) is 0 Å². The van der Waals surface area contributed by atoms with E-state index < -0.39 is 15.4 Å². The lowest BCUT2D eigenvalue weighted by Crippen LogP contribution is -2.22. The topological polar surface area (TPSA) is 72.8 Å². The van der Waals surface area contributed by atoms with E-state index in [4.69, 9.17) is 9.47 Å². The van der Waals surface area contributed by atoms with Gasteiger partial charge in [0, 0.05) is 17.9 Å². The molecular formula is C12H16O5S. The van der Waals surface area contributed by atoms with Crippen molar-refractivity contribution >= 4 is 9.84 Å². The first kappa shape index (κ1) is 13.2. The van der Waals surface area contributed by atoms with Gasteiger partial charge in [-0.15, -0.1) is 0 Å². The number of fused-ring (bicyclic) bond motifs is 1. The van der Waals surface area contributed by atoms with Crippen molar-refractivity contribution in [1.29, 1.82) is 0 Å². The summed E-state index contributed by atoms with van der Waals surface area (Å²) < 4.78 is 34.3. The summed E-state index contributed by atoms with van der Waals surface area (Å²) in [5, 5.41) is 10.1. The number of aliphatic hydroxyl groups is 1. The molecule has 0 saturated carbocycles. The molecule has 0 unspecified atom stereocenters. The van der Waals surface area contributed by atoms with Crippen LogP contribution in [0.25, 0.3) is 0 Å². The molecule has 6 heteroatoms. The predicted molar refractivity (Wildman–Crippen MR) is 65.8 cm³/mol. The van der Waals surface area contributed by atoms with Gasteiger partial charge in [0.2, 0.25) is 0 Å². The standard InChI is InChI=1S/C12H16O5S/c1-12(2,13)8-6-9-10(17-5-4-16-9)7-11(8)18(3,14)15/h6-7,13H,4-5H2,1-3H3. The van der Waals surface area contributed by atoms with Crippen LogP contribution in [-0.2, 0) is 15.4 Å². The maximum absolute atomic E-state index is 11.8. The molecule has 5 nitrogen and oxygen atoms in total. The fourth-order valence-electron chi connectivity index (χ4n) is 1.86. The Bertz CT molecular complexity index is 569. The van der Waals surface area contributed by atoms with E-state index in [1.54, 1.807) is 0 Å². The summed E-state index contributed by atoms with van der Waals surface area (Å²) in [6, 6.07) is 2.95. The van der Waals surface area contributed by atoms with E-state index in [9.17, 15) is 13.5 Å². The fraction of sp³-hybridized carbons (Fsp3) is 0.500. The van der Waals surface area contributed by atoms with Gasteiger partial charge >= 0.3 is 0 Å². The summed E-state index contributed by atoms with van der Waals surface area (Å²) in [5.41, 5.74) is -0.955. The predicted octanol–water partition coefficient (Wildman–Crippen LogP) is 1.09. The highest BCUT2D eigenvalue weighted by Gasteiger charge is 2.28. The summed E-state index contributed by atoms with van der Waals surface area (Å²) in [4.78, 5) is 0.0688. The van der Waals surface area contributed by atoms with Crippen molar-refractivity contribution in [2.75, 3.05) is 19.5 Å². The van der Waals surface area contributed by atoms with Crippen LogP contribution in [0.2, 0.25) is 0 Å². The monoisotopic (exact) mass is 272 g/mol. The zero-order valence-corrected chi connectivity index (χ0v) is 11.4. The number of hydrogen-bond acceptors (Lipinski definition) is 5. The van der Waals surface area contributed by atoms with Crippen molar-refractivity contribution in [2.24, 2.45) is 0 Å². The highest BCUT2D eigenvalue weighted by molar-refractivity contribution is 7.90. The average Bonchev–Trinajstić information content (AvgIpc) is 2.25. The van der Waals surface area contributed by atoms with E-state index >= 15 is 0 Å². The molecule has 0 radical (unpaired) electrons. The summed E-state index contributed by atoms with van der Waals surface area (Å²) >= 11 is 0. The zero-order chi connectivity index (χ0) is 13.6. The quantitative estimate of drug-likeness (QED) is 0.872. The van der Waals surface area contributed by atoms with Gasteiger partial charge in [-0.1, -0.05) is 0 Å². The summed E-state index contributed by atoms with van der Waals surface area (Å²) in [5.74, 6) is 0.862. The molecule has 0 aliphatic carbocycles. The second kappa shape index (κ2) is 4.13. The van der Waals surface area contributed by atoms with Crippen molar-refractivity contribution in [2.45, 2.75) is 24.3 Å². The van der Waals surface area contributed by atoms with Gasteiger partial charge in [0.15, 0.2) is 21.3 Å². The van der Waals surface area contributed by atoms with E-state index in [0.717, 1.165) is 6.26 Å². The maximum atomic E-state index is 11.8. The van der Waals surface area contributed by atoms with Crippen LogP contribution in [0.1, 0.15) is 19.4 Å². The van der Waals surface area contributed by atoms with Gasteiger partial charge in [0.25, 0.3) is 0 Å². The normalized spacial score (nSPS) is 15.6. The number of hydrogen-bond donors (Lipinski definition) is 1. The second-order valence-corrected chi connectivity index (χ2v) is 6.81. The minimum Gasteiger partial charge on any atom is -0.486 e. The first-order valence-electron chi connectivity index (χ1n) is 5.56. The molecule has 1 heterocycles. The van der Waals surface area contributed by atoms with Crippen LogP contribution in [0.15, 0.2) is 17.0 Å². The van der Waals surface area contributed by atoms with Crippen molar-refractivity contribution in [3.8, 4) is 11.5 Å². The fourth-order valence-corrected chi connectivity index (χ4v) is 2.88. The Kier molecular flexibility index (Phi) is 3.03. The van der Waals surface area contributed by atoms with Crippen LogP contribution in [0.5, 0.6) is 11.5 Å². The Hall–Kier alpha value is -1.27. The number of benzene rings is 1. The lowest BCUT2D eigenvalue weighted by molar-refractivity contribution is 0.0744. The third-order valence-corrected chi connectivity index (χ3v) is 3.84. The summed E-state index contributed by atoms with van der Waals surface area (Å²) in [6.07, 6.45) is 1.10. The third kappa shape index (κ3) is 2.44. The number of rotatable bonds is 2. The smallest absolute Gasteiger partial charge is 0.176 e. The van der Waals surface area contributed by atoms with Crippen LogP contribution < -0.4 is 9.47 Å². The molecule has 1 N–H and O–H groups in total. The number of sulfone groups is 1. The molecule has 0 aromatic heterocycles. The van der Waals surface area contributed by atoms with Crippen LogP contribution >= 0.6 is 0 Å².